The van der Waals surface area contributed by atoms with Crippen LogP contribution < -0.4 is 5.73 Å². The average molecular weight is 189 g/mol. The molecule has 0 aliphatic heterocycles. The number of anilines is 1. The van der Waals surface area contributed by atoms with Gasteiger partial charge in [-0.1, -0.05) is 0 Å². The molecule has 0 amide bonds. The Labute approximate surface area is 81.6 Å². The van der Waals surface area contributed by atoms with Gasteiger partial charge in [0.15, 0.2) is 0 Å². The largest absolute Gasteiger partial charge is 0.368 e. The normalized spacial score (nSPS) is 10.4. The van der Waals surface area contributed by atoms with E-state index in [1.54, 1.807) is 6.20 Å². The van der Waals surface area contributed by atoms with Crippen molar-refractivity contribution in [3.8, 4) is 5.82 Å². The van der Waals surface area contributed by atoms with Gasteiger partial charge in [-0.05, 0) is 13.8 Å². The lowest BCUT2D eigenvalue weighted by Gasteiger charge is -2.05. The summed E-state index contributed by atoms with van der Waals surface area (Å²) in [5.41, 5.74) is 6.41. The fourth-order valence-electron chi connectivity index (χ4n) is 1.32. The molecule has 2 aromatic rings. The van der Waals surface area contributed by atoms with E-state index in [-0.39, 0.29) is 5.95 Å². The van der Waals surface area contributed by atoms with Crippen LogP contribution in [0.3, 0.4) is 0 Å². The summed E-state index contributed by atoms with van der Waals surface area (Å²) in [4.78, 5) is 12.2. The number of nitrogens with zero attached hydrogens (tertiary/aromatic N) is 4. The van der Waals surface area contributed by atoms with Crippen LogP contribution >= 0.6 is 0 Å². The van der Waals surface area contributed by atoms with Gasteiger partial charge >= 0.3 is 0 Å². The summed E-state index contributed by atoms with van der Waals surface area (Å²) >= 11 is 0. The maximum absolute atomic E-state index is 5.56. The highest BCUT2D eigenvalue weighted by Gasteiger charge is 2.03. The zero-order chi connectivity index (χ0) is 10.1. The molecular formula is C9H11N5. The van der Waals surface area contributed by atoms with Gasteiger partial charge in [0.25, 0.3) is 0 Å². The Morgan fingerprint density at radius 3 is 2.64 bits per heavy atom. The molecule has 72 valence electrons. The standard InChI is InChI=1S/C9H11N5/c1-6-5-8(13-9(10)12-6)14-4-3-11-7(14)2/h3-5H,1-2H3,(H2,10,12,13). The molecule has 0 spiro atoms. The first-order valence-corrected chi connectivity index (χ1v) is 4.28. The molecule has 0 saturated heterocycles. The summed E-state index contributed by atoms with van der Waals surface area (Å²) in [6.45, 7) is 3.79. The number of hydrogen-bond acceptors (Lipinski definition) is 4. The molecule has 0 atom stereocenters. The number of imidazole rings is 1. The molecule has 0 saturated carbocycles. The van der Waals surface area contributed by atoms with E-state index in [1.807, 2.05) is 30.7 Å². The number of hydrogen-bond donors (Lipinski definition) is 1. The summed E-state index contributed by atoms with van der Waals surface area (Å²) in [5, 5.41) is 0. The zero-order valence-electron chi connectivity index (χ0n) is 8.10. The lowest BCUT2D eigenvalue weighted by Crippen LogP contribution is -2.04. The van der Waals surface area contributed by atoms with Crippen molar-refractivity contribution in [3.63, 3.8) is 0 Å². The first kappa shape index (κ1) is 8.68. The van der Waals surface area contributed by atoms with E-state index in [2.05, 4.69) is 15.0 Å². The van der Waals surface area contributed by atoms with Crippen molar-refractivity contribution in [2.24, 2.45) is 0 Å². The molecule has 0 unspecified atom stereocenters. The molecule has 0 aliphatic carbocycles. The zero-order valence-corrected chi connectivity index (χ0v) is 8.10. The van der Waals surface area contributed by atoms with Crippen LogP contribution in [-0.4, -0.2) is 19.5 Å². The third kappa shape index (κ3) is 1.44. The van der Waals surface area contributed by atoms with Gasteiger partial charge in [-0.2, -0.15) is 4.98 Å². The minimum absolute atomic E-state index is 0.285. The first-order valence-electron chi connectivity index (χ1n) is 4.28. The van der Waals surface area contributed by atoms with Crippen LogP contribution in [0, 0.1) is 13.8 Å². The van der Waals surface area contributed by atoms with E-state index in [0.29, 0.717) is 0 Å². The third-order valence-electron chi connectivity index (χ3n) is 1.93. The van der Waals surface area contributed by atoms with E-state index in [4.69, 9.17) is 5.73 Å². The van der Waals surface area contributed by atoms with E-state index in [0.717, 1.165) is 17.3 Å². The lowest BCUT2D eigenvalue weighted by molar-refractivity contribution is 0.917. The fourth-order valence-corrected chi connectivity index (χ4v) is 1.32. The molecule has 0 radical (unpaired) electrons. The molecule has 0 aromatic carbocycles. The van der Waals surface area contributed by atoms with E-state index >= 15 is 0 Å². The molecule has 2 heterocycles. The number of rotatable bonds is 1. The van der Waals surface area contributed by atoms with Crippen molar-refractivity contribution >= 4 is 5.95 Å². The summed E-state index contributed by atoms with van der Waals surface area (Å²) in [7, 11) is 0. The molecule has 14 heavy (non-hydrogen) atoms. The second-order valence-corrected chi connectivity index (χ2v) is 3.07. The summed E-state index contributed by atoms with van der Waals surface area (Å²) in [5.74, 6) is 1.92. The SMILES string of the molecule is Cc1cc(-n2ccnc2C)nc(N)n1. The van der Waals surface area contributed by atoms with E-state index in [9.17, 15) is 0 Å². The highest BCUT2D eigenvalue weighted by Crippen LogP contribution is 2.09. The Balaban J connectivity index is 2.57. The smallest absolute Gasteiger partial charge is 0.222 e. The van der Waals surface area contributed by atoms with Crippen molar-refractivity contribution < 1.29 is 0 Å². The lowest BCUT2D eigenvalue weighted by atomic mass is 10.4. The molecule has 5 heteroatoms. The predicted molar refractivity (Wildman–Crippen MR) is 53.0 cm³/mol. The minimum atomic E-state index is 0.285. The van der Waals surface area contributed by atoms with Gasteiger partial charge < -0.3 is 5.73 Å². The van der Waals surface area contributed by atoms with Gasteiger partial charge in [-0.15, -0.1) is 0 Å². The summed E-state index contributed by atoms with van der Waals surface area (Å²) in [6, 6.07) is 1.87. The molecule has 0 bridgehead atoms. The van der Waals surface area contributed by atoms with Gasteiger partial charge in [0, 0.05) is 24.2 Å². The van der Waals surface area contributed by atoms with Gasteiger partial charge in [-0.25, -0.2) is 9.97 Å². The van der Waals surface area contributed by atoms with Crippen LogP contribution in [0.1, 0.15) is 11.5 Å². The molecule has 0 fully saturated rings. The van der Waals surface area contributed by atoms with Crippen LogP contribution in [0.25, 0.3) is 5.82 Å². The molecular weight excluding hydrogens is 178 g/mol. The minimum Gasteiger partial charge on any atom is -0.368 e. The number of aryl methyl sites for hydroxylation is 2. The van der Waals surface area contributed by atoms with Gasteiger partial charge in [0.1, 0.15) is 11.6 Å². The van der Waals surface area contributed by atoms with Gasteiger partial charge in [-0.3, -0.25) is 4.57 Å². The molecule has 2 rings (SSSR count). The van der Waals surface area contributed by atoms with Crippen LogP contribution in [0.4, 0.5) is 5.95 Å². The van der Waals surface area contributed by atoms with Crippen LogP contribution in [0.2, 0.25) is 0 Å². The third-order valence-corrected chi connectivity index (χ3v) is 1.93. The predicted octanol–water partition coefficient (Wildman–Crippen LogP) is 0.861. The fraction of sp³-hybridized carbons (Fsp3) is 0.222. The number of nitrogen functional groups attached to an aromatic ring is 1. The molecule has 2 N–H and O–H groups in total. The van der Waals surface area contributed by atoms with E-state index < -0.39 is 0 Å². The van der Waals surface area contributed by atoms with Crippen molar-refractivity contribution in [2.75, 3.05) is 5.73 Å². The second-order valence-electron chi connectivity index (χ2n) is 3.07. The van der Waals surface area contributed by atoms with Crippen molar-refractivity contribution in [2.45, 2.75) is 13.8 Å². The van der Waals surface area contributed by atoms with Gasteiger partial charge in [0.05, 0.1) is 0 Å². The van der Waals surface area contributed by atoms with Crippen LogP contribution in [-0.2, 0) is 0 Å². The summed E-state index contributed by atoms with van der Waals surface area (Å²) < 4.78 is 1.87. The second kappa shape index (κ2) is 3.10. The first-order chi connectivity index (χ1) is 6.66. The van der Waals surface area contributed by atoms with Crippen molar-refractivity contribution in [1.82, 2.24) is 19.5 Å². The summed E-state index contributed by atoms with van der Waals surface area (Å²) in [6.07, 6.45) is 3.57. The quantitative estimate of drug-likeness (QED) is 0.722. The van der Waals surface area contributed by atoms with Crippen LogP contribution in [0.15, 0.2) is 18.5 Å². The highest BCUT2D eigenvalue weighted by atomic mass is 15.2. The average Bonchev–Trinajstić information content (AvgIpc) is 2.49. The molecule has 2 aromatic heterocycles. The van der Waals surface area contributed by atoms with Gasteiger partial charge in [0.2, 0.25) is 5.95 Å². The Kier molecular flexibility index (Phi) is 1.92. The van der Waals surface area contributed by atoms with E-state index in [1.165, 1.54) is 0 Å². The Hall–Kier alpha value is -1.91. The maximum Gasteiger partial charge on any atom is 0.222 e. The Morgan fingerprint density at radius 2 is 2.07 bits per heavy atom. The van der Waals surface area contributed by atoms with Crippen LogP contribution in [0.5, 0.6) is 0 Å². The monoisotopic (exact) mass is 189 g/mol. The molecule has 5 nitrogen and oxygen atoms in total. The van der Waals surface area contributed by atoms with Crippen molar-refractivity contribution in [3.05, 3.63) is 30.0 Å². The Bertz CT molecular complexity index is 440. The molecule has 0 aliphatic rings. The Morgan fingerprint density at radius 1 is 1.29 bits per heavy atom. The number of aromatic nitrogens is 4. The highest BCUT2D eigenvalue weighted by molar-refractivity contribution is 5.32. The number of nitrogens with two attached hydrogens (primary N) is 1. The van der Waals surface area contributed by atoms with Crippen molar-refractivity contribution in [1.29, 1.82) is 0 Å². The maximum atomic E-state index is 5.56. The topological polar surface area (TPSA) is 69.6 Å².